The number of rotatable bonds is 4. The first kappa shape index (κ1) is 13.0. The average molecular weight is 260 g/mol. The summed E-state index contributed by atoms with van der Waals surface area (Å²) in [6.45, 7) is 9.36. The Morgan fingerprint density at radius 2 is 1.74 bits per heavy atom. The second-order valence-corrected chi connectivity index (χ2v) is 6.92. The van der Waals surface area contributed by atoms with Gasteiger partial charge in [0.15, 0.2) is 0 Å². The Morgan fingerprint density at radius 1 is 1.21 bits per heavy atom. The van der Waals surface area contributed by atoms with Crippen molar-refractivity contribution in [3.05, 3.63) is 24.8 Å². The summed E-state index contributed by atoms with van der Waals surface area (Å²) in [6, 6.07) is 0. The van der Waals surface area contributed by atoms with Crippen molar-refractivity contribution in [2.24, 2.45) is 23.7 Å². The molecule has 2 heteroatoms. The fourth-order valence-electron chi connectivity index (χ4n) is 5.01. The van der Waals surface area contributed by atoms with E-state index in [1.54, 1.807) is 6.92 Å². The molecule has 4 aliphatic rings. The summed E-state index contributed by atoms with van der Waals surface area (Å²) in [5.74, 6) is 2.64. The second kappa shape index (κ2) is 4.50. The fraction of sp³-hybridized carbons (Fsp3) is 0.706. The largest absolute Gasteiger partial charge is 0.455 e. The molecular weight excluding hydrogens is 236 g/mol. The first-order valence-corrected chi connectivity index (χ1v) is 7.55. The Morgan fingerprint density at radius 3 is 2.16 bits per heavy atom. The van der Waals surface area contributed by atoms with Crippen LogP contribution < -0.4 is 0 Å². The Bertz CT molecular complexity index is 393. The van der Waals surface area contributed by atoms with E-state index in [9.17, 15) is 4.79 Å². The zero-order valence-electron chi connectivity index (χ0n) is 11.9. The van der Waals surface area contributed by atoms with Crippen molar-refractivity contribution in [2.75, 3.05) is 0 Å². The summed E-state index contributed by atoms with van der Waals surface area (Å²) < 4.78 is 6.01. The van der Waals surface area contributed by atoms with Crippen molar-refractivity contribution in [1.29, 1.82) is 0 Å². The van der Waals surface area contributed by atoms with Gasteiger partial charge in [-0.15, -0.1) is 6.58 Å². The normalized spacial score (nSPS) is 43.0. The van der Waals surface area contributed by atoms with Gasteiger partial charge in [-0.25, -0.2) is 4.79 Å². The highest BCUT2D eigenvalue weighted by Crippen LogP contribution is 2.60. The number of carbonyl (C=O) groups excluding carboxylic acids is 1. The van der Waals surface area contributed by atoms with E-state index >= 15 is 0 Å². The molecule has 4 rings (SSSR count). The first-order valence-electron chi connectivity index (χ1n) is 7.55. The van der Waals surface area contributed by atoms with Crippen LogP contribution in [0.4, 0.5) is 0 Å². The van der Waals surface area contributed by atoms with Gasteiger partial charge in [0.2, 0.25) is 0 Å². The van der Waals surface area contributed by atoms with E-state index in [0.29, 0.717) is 17.4 Å². The van der Waals surface area contributed by atoms with E-state index in [2.05, 4.69) is 13.2 Å². The molecule has 0 heterocycles. The number of hydrogen-bond acceptors (Lipinski definition) is 2. The SMILES string of the molecule is C=CCC1(OC(=O)C(=C)C)C2CC3CC(C2)CC1C3. The van der Waals surface area contributed by atoms with Gasteiger partial charge in [0.1, 0.15) is 5.60 Å². The van der Waals surface area contributed by atoms with Crippen LogP contribution in [0.1, 0.15) is 45.4 Å². The summed E-state index contributed by atoms with van der Waals surface area (Å²) in [5.41, 5.74) is 0.239. The molecule has 2 nitrogen and oxygen atoms in total. The molecule has 0 unspecified atom stereocenters. The van der Waals surface area contributed by atoms with Crippen molar-refractivity contribution < 1.29 is 9.53 Å². The van der Waals surface area contributed by atoms with Crippen molar-refractivity contribution in [3.63, 3.8) is 0 Å². The summed E-state index contributed by atoms with van der Waals surface area (Å²) >= 11 is 0. The monoisotopic (exact) mass is 260 g/mol. The Kier molecular flexibility index (Phi) is 3.07. The molecule has 4 fully saturated rings. The fourth-order valence-corrected chi connectivity index (χ4v) is 5.01. The lowest BCUT2D eigenvalue weighted by atomic mass is 9.49. The molecule has 19 heavy (non-hydrogen) atoms. The first-order chi connectivity index (χ1) is 9.05. The molecule has 0 saturated heterocycles. The van der Waals surface area contributed by atoms with Crippen LogP contribution in [0.3, 0.4) is 0 Å². The molecule has 4 aliphatic carbocycles. The van der Waals surface area contributed by atoms with Gasteiger partial charge in [0, 0.05) is 12.0 Å². The van der Waals surface area contributed by atoms with E-state index < -0.39 is 0 Å². The summed E-state index contributed by atoms with van der Waals surface area (Å²) in [4.78, 5) is 12.1. The van der Waals surface area contributed by atoms with Gasteiger partial charge >= 0.3 is 5.97 Å². The van der Waals surface area contributed by atoms with Crippen LogP contribution in [0.2, 0.25) is 0 Å². The average Bonchev–Trinajstić information content (AvgIpc) is 2.34. The van der Waals surface area contributed by atoms with Crippen LogP contribution in [-0.2, 0) is 9.53 Å². The van der Waals surface area contributed by atoms with Crippen LogP contribution in [0.5, 0.6) is 0 Å². The van der Waals surface area contributed by atoms with Crippen LogP contribution in [-0.4, -0.2) is 11.6 Å². The second-order valence-electron chi connectivity index (χ2n) is 6.92. The molecule has 0 atom stereocenters. The van der Waals surface area contributed by atoms with Gasteiger partial charge < -0.3 is 4.74 Å². The highest BCUT2D eigenvalue weighted by molar-refractivity contribution is 5.87. The van der Waals surface area contributed by atoms with Crippen LogP contribution >= 0.6 is 0 Å². The number of ether oxygens (including phenoxy) is 1. The number of hydrogen-bond donors (Lipinski definition) is 0. The minimum Gasteiger partial charge on any atom is -0.455 e. The van der Waals surface area contributed by atoms with Gasteiger partial charge in [0.25, 0.3) is 0 Å². The quantitative estimate of drug-likeness (QED) is 0.435. The molecule has 0 radical (unpaired) electrons. The van der Waals surface area contributed by atoms with Crippen LogP contribution in [0.25, 0.3) is 0 Å². The molecular formula is C17H24O2. The maximum Gasteiger partial charge on any atom is 0.333 e. The molecule has 0 aromatic carbocycles. The third-order valence-electron chi connectivity index (χ3n) is 5.61. The predicted octanol–water partition coefficient (Wildman–Crippen LogP) is 3.88. The van der Waals surface area contributed by atoms with E-state index in [1.165, 1.54) is 32.1 Å². The third kappa shape index (κ3) is 1.96. The number of carbonyl (C=O) groups is 1. The van der Waals surface area contributed by atoms with Gasteiger partial charge in [-0.05, 0) is 62.7 Å². The maximum atomic E-state index is 12.1. The van der Waals surface area contributed by atoms with E-state index in [-0.39, 0.29) is 11.6 Å². The van der Waals surface area contributed by atoms with Gasteiger partial charge in [-0.3, -0.25) is 0 Å². The van der Waals surface area contributed by atoms with E-state index in [4.69, 9.17) is 4.74 Å². The van der Waals surface area contributed by atoms with Gasteiger partial charge in [-0.1, -0.05) is 12.7 Å². The smallest absolute Gasteiger partial charge is 0.333 e. The lowest BCUT2D eigenvalue weighted by molar-refractivity contribution is -0.205. The molecule has 4 bridgehead atoms. The topological polar surface area (TPSA) is 26.3 Å². The molecule has 0 spiro atoms. The lowest BCUT2D eigenvalue weighted by Gasteiger charge is -2.60. The van der Waals surface area contributed by atoms with Gasteiger partial charge in [-0.2, -0.15) is 0 Å². The standard InChI is InChI=1S/C17H24O2/c1-4-5-17(19-16(18)11(2)3)14-7-12-6-13(9-14)10-15(17)8-12/h4,12-15H,1-2,5-10H2,3H3. The molecule has 4 saturated carbocycles. The molecule has 0 N–H and O–H groups in total. The summed E-state index contributed by atoms with van der Waals surface area (Å²) in [6.07, 6.45) is 9.11. The van der Waals surface area contributed by atoms with Crippen molar-refractivity contribution in [1.82, 2.24) is 0 Å². The third-order valence-corrected chi connectivity index (χ3v) is 5.61. The molecule has 0 aliphatic heterocycles. The summed E-state index contributed by atoms with van der Waals surface area (Å²) in [7, 11) is 0. The Balaban J connectivity index is 1.89. The lowest BCUT2D eigenvalue weighted by Crippen LogP contribution is -2.59. The van der Waals surface area contributed by atoms with E-state index in [0.717, 1.165) is 18.3 Å². The van der Waals surface area contributed by atoms with Crippen molar-refractivity contribution >= 4 is 5.97 Å². The molecule has 104 valence electrons. The van der Waals surface area contributed by atoms with Gasteiger partial charge in [0.05, 0.1) is 0 Å². The van der Waals surface area contributed by atoms with Crippen LogP contribution in [0.15, 0.2) is 24.8 Å². The Labute approximate surface area is 115 Å². The minimum absolute atomic E-state index is 0.214. The van der Waals surface area contributed by atoms with Crippen molar-refractivity contribution in [3.8, 4) is 0 Å². The maximum absolute atomic E-state index is 12.1. The predicted molar refractivity (Wildman–Crippen MR) is 75.5 cm³/mol. The number of esters is 1. The minimum atomic E-state index is -0.273. The van der Waals surface area contributed by atoms with Crippen molar-refractivity contribution in [2.45, 2.75) is 51.0 Å². The summed E-state index contributed by atoms with van der Waals surface area (Å²) in [5, 5.41) is 0. The zero-order chi connectivity index (χ0) is 13.6. The molecule has 0 aromatic rings. The zero-order valence-corrected chi connectivity index (χ0v) is 11.9. The highest BCUT2D eigenvalue weighted by Gasteiger charge is 2.58. The van der Waals surface area contributed by atoms with E-state index in [1.807, 2.05) is 6.08 Å². The Hall–Kier alpha value is -1.05. The molecule has 0 aromatic heterocycles. The highest BCUT2D eigenvalue weighted by atomic mass is 16.6. The van der Waals surface area contributed by atoms with Crippen LogP contribution in [0, 0.1) is 23.7 Å². The molecule has 0 amide bonds.